The molecule has 1 aromatic rings. The number of rotatable bonds is 2. The van der Waals surface area contributed by atoms with Crippen LogP contribution in [0.5, 0.6) is 0 Å². The maximum atomic E-state index is 5.76. The molecule has 0 spiro atoms. The molecule has 5 heteroatoms. The molecule has 14 heavy (non-hydrogen) atoms. The van der Waals surface area contributed by atoms with Crippen LogP contribution in [0.25, 0.3) is 0 Å². The summed E-state index contributed by atoms with van der Waals surface area (Å²) < 4.78 is 10.4. The predicted molar refractivity (Wildman–Crippen MR) is 51.2 cm³/mol. The lowest BCUT2D eigenvalue weighted by atomic mass is 10.3. The monoisotopic (exact) mass is 193 g/mol. The summed E-state index contributed by atoms with van der Waals surface area (Å²) in [7, 11) is 1.58. The van der Waals surface area contributed by atoms with Gasteiger partial charge in [0, 0.05) is 13.3 Å². The van der Waals surface area contributed by atoms with E-state index in [1.54, 1.807) is 30.5 Å². The minimum atomic E-state index is -0.348. The lowest BCUT2D eigenvalue weighted by molar-refractivity contribution is 0.129. The molecule has 1 aliphatic rings. The Morgan fingerprint density at radius 3 is 3.14 bits per heavy atom. The van der Waals surface area contributed by atoms with Crippen molar-refractivity contribution < 1.29 is 9.15 Å². The number of oxazole rings is 1. The number of ether oxygens (including phenoxy) is 1. The number of nitrogens with zero attached hydrogens (tertiary/aromatic N) is 2. The van der Waals surface area contributed by atoms with Crippen molar-refractivity contribution in [2.75, 3.05) is 12.0 Å². The average molecular weight is 193 g/mol. The van der Waals surface area contributed by atoms with Gasteiger partial charge in [0.2, 0.25) is 0 Å². The van der Waals surface area contributed by atoms with E-state index in [-0.39, 0.29) is 6.23 Å². The average Bonchev–Trinajstić information content (AvgIpc) is 2.70. The fourth-order valence-corrected chi connectivity index (χ4v) is 1.33. The summed E-state index contributed by atoms with van der Waals surface area (Å²) in [5, 5.41) is 0. The number of aromatic nitrogens is 1. The third-order valence-electron chi connectivity index (χ3n) is 1.94. The molecule has 74 valence electrons. The van der Waals surface area contributed by atoms with Gasteiger partial charge in [-0.1, -0.05) is 0 Å². The van der Waals surface area contributed by atoms with Gasteiger partial charge in [-0.25, -0.2) is 4.98 Å². The van der Waals surface area contributed by atoms with Crippen molar-refractivity contribution in [1.29, 1.82) is 0 Å². The second-order valence-corrected chi connectivity index (χ2v) is 2.82. The van der Waals surface area contributed by atoms with E-state index < -0.39 is 0 Å². The molecule has 2 rings (SSSR count). The molecule has 0 bridgehead atoms. The van der Waals surface area contributed by atoms with Crippen molar-refractivity contribution in [3.05, 3.63) is 36.5 Å². The van der Waals surface area contributed by atoms with Crippen molar-refractivity contribution in [3.8, 4) is 0 Å². The van der Waals surface area contributed by atoms with Crippen LogP contribution in [0, 0.1) is 0 Å². The second kappa shape index (κ2) is 3.55. The van der Waals surface area contributed by atoms with Gasteiger partial charge in [-0.2, -0.15) is 0 Å². The predicted octanol–water partition coefficient (Wildman–Crippen LogP) is 0.823. The normalized spacial score (nSPS) is 21.1. The molecule has 1 aromatic heterocycles. The Labute approximate surface area is 81.5 Å². The first-order chi connectivity index (χ1) is 6.83. The van der Waals surface area contributed by atoms with E-state index in [1.165, 1.54) is 6.26 Å². The second-order valence-electron chi connectivity index (χ2n) is 2.82. The standard InChI is InChI=1S/C9H11N3O2/c1-13-8-7(10)3-2-5-12(8)9-11-4-6-14-9/h2-6,8H,10H2,1H3. The van der Waals surface area contributed by atoms with Gasteiger partial charge >= 0.3 is 6.01 Å². The molecular weight excluding hydrogens is 182 g/mol. The Morgan fingerprint density at radius 1 is 1.64 bits per heavy atom. The van der Waals surface area contributed by atoms with Crippen LogP contribution in [-0.2, 0) is 4.74 Å². The van der Waals surface area contributed by atoms with Gasteiger partial charge in [-0.3, -0.25) is 4.90 Å². The zero-order valence-corrected chi connectivity index (χ0v) is 7.75. The van der Waals surface area contributed by atoms with Crippen molar-refractivity contribution >= 4 is 6.01 Å². The van der Waals surface area contributed by atoms with Crippen molar-refractivity contribution in [3.63, 3.8) is 0 Å². The van der Waals surface area contributed by atoms with Crippen molar-refractivity contribution in [2.24, 2.45) is 5.73 Å². The van der Waals surface area contributed by atoms with Crippen LogP contribution in [0.1, 0.15) is 0 Å². The van der Waals surface area contributed by atoms with E-state index in [9.17, 15) is 0 Å². The molecule has 5 nitrogen and oxygen atoms in total. The number of anilines is 1. The SMILES string of the molecule is COC1C(N)=CC=CN1c1ncco1. The van der Waals surface area contributed by atoms with Crippen molar-refractivity contribution in [2.45, 2.75) is 6.23 Å². The highest BCUT2D eigenvalue weighted by Crippen LogP contribution is 2.20. The number of hydrogen-bond acceptors (Lipinski definition) is 5. The van der Waals surface area contributed by atoms with E-state index >= 15 is 0 Å². The molecule has 1 aliphatic heterocycles. The molecular formula is C9H11N3O2. The van der Waals surface area contributed by atoms with Crippen LogP contribution in [0.4, 0.5) is 6.01 Å². The lowest BCUT2D eigenvalue weighted by Gasteiger charge is -2.28. The van der Waals surface area contributed by atoms with Gasteiger partial charge in [0.1, 0.15) is 6.26 Å². The third kappa shape index (κ3) is 1.38. The topological polar surface area (TPSA) is 64.5 Å². The minimum absolute atomic E-state index is 0.348. The molecule has 0 saturated carbocycles. The molecule has 0 aromatic carbocycles. The van der Waals surface area contributed by atoms with Gasteiger partial charge in [0.15, 0.2) is 6.23 Å². The quantitative estimate of drug-likeness (QED) is 0.753. The highest BCUT2D eigenvalue weighted by Gasteiger charge is 2.23. The number of allylic oxidation sites excluding steroid dienone is 2. The Kier molecular flexibility index (Phi) is 2.24. The maximum Gasteiger partial charge on any atom is 0.303 e. The van der Waals surface area contributed by atoms with E-state index in [2.05, 4.69) is 4.98 Å². The number of methoxy groups -OCH3 is 1. The van der Waals surface area contributed by atoms with Crippen LogP contribution in [0.2, 0.25) is 0 Å². The summed E-state index contributed by atoms with van der Waals surface area (Å²) in [5.41, 5.74) is 6.38. The first kappa shape index (κ1) is 8.83. The van der Waals surface area contributed by atoms with Gasteiger partial charge in [0.25, 0.3) is 0 Å². The minimum Gasteiger partial charge on any atom is -0.432 e. The van der Waals surface area contributed by atoms with Crippen LogP contribution in [0.3, 0.4) is 0 Å². The summed E-state index contributed by atoms with van der Waals surface area (Å²) in [6.07, 6.45) is 8.13. The Morgan fingerprint density at radius 2 is 2.50 bits per heavy atom. The molecule has 1 unspecified atom stereocenters. The Balaban J connectivity index is 2.28. The van der Waals surface area contributed by atoms with Gasteiger partial charge < -0.3 is 14.9 Å². The number of nitrogens with two attached hydrogens (primary N) is 1. The van der Waals surface area contributed by atoms with E-state index in [0.717, 1.165) is 0 Å². The molecule has 2 N–H and O–H groups in total. The maximum absolute atomic E-state index is 5.76. The smallest absolute Gasteiger partial charge is 0.303 e. The van der Waals surface area contributed by atoms with E-state index in [4.69, 9.17) is 14.9 Å². The first-order valence-corrected chi connectivity index (χ1v) is 4.17. The zero-order valence-electron chi connectivity index (χ0n) is 7.75. The molecule has 0 saturated heterocycles. The first-order valence-electron chi connectivity index (χ1n) is 4.17. The van der Waals surface area contributed by atoms with Crippen LogP contribution in [-0.4, -0.2) is 18.3 Å². The van der Waals surface area contributed by atoms with Gasteiger partial charge in [-0.15, -0.1) is 0 Å². The fraction of sp³-hybridized carbons (Fsp3) is 0.222. The Hall–Kier alpha value is -1.75. The Bertz CT molecular complexity index is 356. The molecule has 2 heterocycles. The summed E-state index contributed by atoms with van der Waals surface area (Å²) >= 11 is 0. The molecule has 0 fully saturated rings. The van der Waals surface area contributed by atoms with E-state index in [0.29, 0.717) is 11.7 Å². The molecule has 1 atom stereocenters. The summed E-state index contributed by atoms with van der Waals surface area (Å²) in [6.45, 7) is 0. The summed E-state index contributed by atoms with van der Waals surface area (Å²) in [4.78, 5) is 5.74. The van der Waals surface area contributed by atoms with Gasteiger partial charge in [-0.05, 0) is 12.2 Å². The van der Waals surface area contributed by atoms with Crippen LogP contribution >= 0.6 is 0 Å². The van der Waals surface area contributed by atoms with Crippen molar-refractivity contribution in [1.82, 2.24) is 4.98 Å². The van der Waals surface area contributed by atoms with Crippen LogP contribution in [0.15, 0.2) is 40.9 Å². The summed E-state index contributed by atoms with van der Waals surface area (Å²) in [5.74, 6) is 0. The number of hydrogen-bond donors (Lipinski definition) is 1. The third-order valence-corrected chi connectivity index (χ3v) is 1.94. The molecule has 0 aliphatic carbocycles. The highest BCUT2D eigenvalue weighted by atomic mass is 16.5. The zero-order chi connectivity index (χ0) is 9.97. The summed E-state index contributed by atoms with van der Waals surface area (Å²) in [6, 6.07) is 0.462. The largest absolute Gasteiger partial charge is 0.432 e. The molecule has 0 radical (unpaired) electrons. The fourth-order valence-electron chi connectivity index (χ4n) is 1.33. The van der Waals surface area contributed by atoms with Gasteiger partial charge in [0.05, 0.1) is 11.9 Å². The highest BCUT2D eigenvalue weighted by molar-refractivity contribution is 5.40. The van der Waals surface area contributed by atoms with Crippen LogP contribution < -0.4 is 10.6 Å². The van der Waals surface area contributed by atoms with E-state index in [1.807, 2.05) is 6.08 Å². The molecule has 0 amide bonds. The lowest BCUT2D eigenvalue weighted by Crippen LogP contribution is -2.38.